The molecule has 34 heavy (non-hydrogen) atoms. The van der Waals surface area contributed by atoms with Gasteiger partial charge in [0.2, 0.25) is 0 Å². The molecule has 0 radical (unpaired) electrons. The number of benzene rings is 2. The van der Waals surface area contributed by atoms with E-state index in [0.717, 1.165) is 12.0 Å². The van der Waals surface area contributed by atoms with Gasteiger partial charge in [-0.3, -0.25) is 14.3 Å². The van der Waals surface area contributed by atoms with Crippen molar-refractivity contribution in [3.63, 3.8) is 0 Å². The third-order valence-electron chi connectivity index (χ3n) is 5.92. The van der Waals surface area contributed by atoms with E-state index < -0.39 is 17.3 Å². The van der Waals surface area contributed by atoms with Crippen LogP contribution < -0.4 is 14.8 Å². The number of aromatic nitrogens is 2. The molecule has 3 aromatic rings. The molecule has 0 unspecified atom stereocenters. The third-order valence-corrected chi connectivity index (χ3v) is 5.92. The minimum atomic E-state index is -0.651. The van der Waals surface area contributed by atoms with Crippen LogP contribution in [0.25, 0.3) is 0 Å². The van der Waals surface area contributed by atoms with Gasteiger partial charge in [-0.1, -0.05) is 0 Å². The van der Waals surface area contributed by atoms with Gasteiger partial charge in [-0.05, 0) is 50.6 Å². The number of likely N-dealkylation sites (tertiary alicyclic amines) is 1. The number of fused-ring (bicyclic) bond motifs is 1. The zero-order valence-corrected chi connectivity index (χ0v) is 19.2. The summed E-state index contributed by atoms with van der Waals surface area (Å²) in [5.41, 5.74) is 0.826. The molecule has 0 saturated carbocycles. The maximum atomic E-state index is 14.9. The Labute approximate surface area is 196 Å². The number of anilines is 1. The number of ether oxygens (including phenoxy) is 2. The van der Waals surface area contributed by atoms with Gasteiger partial charge in [-0.25, -0.2) is 4.39 Å². The van der Waals surface area contributed by atoms with Crippen LogP contribution in [0.3, 0.4) is 0 Å². The van der Waals surface area contributed by atoms with E-state index in [4.69, 9.17) is 9.47 Å². The van der Waals surface area contributed by atoms with Crippen LogP contribution in [0.15, 0.2) is 42.6 Å². The molecule has 9 heteroatoms. The highest BCUT2D eigenvalue weighted by Crippen LogP contribution is 2.43. The van der Waals surface area contributed by atoms with Crippen LogP contribution in [0.4, 0.5) is 10.2 Å². The number of nitrogens with zero attached hydrogens (tertiary/aromatic N) is 3. The van der Waals surface area contributed by atoms with Gasteiger partial charge < -0.3 is 19.7 Å². The largest absolute Gasteiger partial charge is 0.487 e. The standard InChI is InChI=1S/C25H25FN4O4/c1-25(2)14-17-20(33-19-6-5-15(11-18(19)26)24(32)30-8-4-9-30)12-16(13-21(17)34-25)23(31)27-22-7-10-29(3)28-22/h5-7,10-13H,4,8-9,14H2,1-3H3,(H,27,28,31). The normalized spacial score (nSPS) is 15.8. The van der Waals surface area contributed by atoms with Crippen molar-refractivity contribution in [3.8, 4) is 17.2 Å². The second kappa shape index (κ2) is 8.16. The lowest BCUT2D eigenvalue weighted by Gasteiger charge is -2.30. The van der Waals surface area contributed by atoms with E-state index in [1.807, 2.05) is 13.8 Å². The van der Waals surface area contributed by atoms with Crippen molar-refractivity contribution in [3.05, 3.63) is 65.1 Å². The first-order valence-electron chi connectivity index (χ1n) is 11.1. The van der Waals surface area contributed by atoms with Crippen LogP contribution >= 0.6 is 0 Å². The molecule has 2 aromatic carbocycles. The first-order valence-corrected chi connectivity index (χ1v) is 11.1. The minimum Gasteiger partial charge on any atom is -0.487 e. The zero-order chi connectivity index (χ0) is 24.0. The van der Waals surface area contributed by atoms with E-state index in [1.165, 1.54) is 12.1 Å². The average Bonchev–Trinajstić information content (AvgIpc) is 3.28. The molecule has 5 rings (SSSR count). The molecule has 3 heterocycles. The summed E-state index contributed by atoms with van der Waals surface area (Å²) >= 11 is 0. The Morgan fingerprint density at radius 3 is 2.56 bits per heavy atom. The monoisotopic (exact) mass is 464 g/mol. The molecule has 1 fully saturated rings. The van der Waals surface area contributed by atoms with Crippen LogP contribution in [-0.2, 0) is 13.5 Å². The summed E-state index contributed by atoms with van der Waals surface area (Å²) in [5, 5.41) is 6.90. The van der Waals surface area contributed by atoms with Gasteiger partial charge in [0.25, 0.3) is 11.8 Å². The number of hydrogen-bond acceptors (Lipinski definition) is 5. The van der Waals surface area contributed by atoms with Crippen molar-refractivity contribution < 1.29 is 23.5 Å². The summed E-state index contributed by atoms with van der Waals surface area (Å²) in [7, 11) is 1.75. The van der Waals surface area contributed by atoms with Crippen LogP contribution in [0.2, 0.25) is 0 Å². The van der Waals surface area contributed by atoms with Crippen LogP contribution in [0, 0.1) is 5.82 Å². The van der Waals surface area contributed by atoms with Gasteiger partial charge in [-0.2, -0.15) is 5.10 Å². The molecule has 0 aliphatic carbocycles. The van der Waals surface area contributed by atoms with E-state index in [2.05, 4.69) is 10.4 Å². The molecule has 0 bridgehead atoms. The van der Waals surface area contributed by atoms with Gasteiger partial charge in [0.15, 0.2) is 17.4 Å². The fourth-order valence-corrected chi connectivity index (χ4v) is 4.07. The van der Waals surface area contributed by atoms with Crippen molar-refractivity contribution in [1.82, 2.24) is 14.7 Å². The van der Waals surface area contributed by atoms with Crippen molar-refractivity contribution in [2.45, 2.75) is 32.3 Å². The lowest BCUT2D eigenvalue weighted by atomic mass is 9.99. The summed E-state index contributed by atoms with van der Waals surface area (Å²) in [5.74, 6) is -0.0219. The number of halogens is 1. The number of carbonyl (C=O) groups excluding carboxylic acids is 2. The highest BCUT2D eigenvalue weighted by molar-refractivity contribution is 6.04. The molecule has 0 spiro atoms. The fourth-order valence-electron chi connectivity index (χ4n) is 4.07. The minimum absolute atomic E-state index is 0.0330. The second-order valence-corrected chi connectivity index (χ2v) is 9.21. The van der Waals surface area contributed by atoms with Crippen LogP contribution in [0.5, 0.6) is 17.2 Å². The molecule has 2 aliphatic rings. The van der Waals surface area contributed by atoms with Crippen molar-refractivity contribution in [1.29, 1.82) is 0 Å². The Bertz CT molecular complexity index is 1300. The molecular weight excluding hydrogens is 439 g/mol. The van der Waals surface area contributed by atoms with Crippen molar-refractivity contribution in [2.24, 2.45) is 7.05 Å². The highest BCUT2D eigenvalue weighted by Gasteiger charge is 2.34. The number of nitrogens with one attached hydrogen (secondary N) is 1. The van der Waals surface area contributed by atoms with E-state index in [0.29, 0.717) is 42.4 Å². The number of aryl methyl sites for hydroxylation is 1. The van der Waals surface area contributed by atoms with E-state index >= 15 is 0 Å². The number of hydrogen-bond donors (Lipinski definition) is 1. The molecular formula is C25H25FN4O4. The zero-order valence-electron chi connectivity index (χ0n) is 19.2. The number of carbonyl (C=O) groups is 2. The molecule has 1 saturated heterocycles. The fraction of sp³-hybridized carbons (Fsp3) is 0.320. The molecule has 1 aromatic heterocycles. The lowest BCUT2D eigenvalue weighted by Crippen LogP contribution is -2.42. The smallest absolute Gasteiger partial charge is 0.257 e. The maximum absolute atomic E-state index is 14.9. The van der Waals surface area contributed by atoms with E-state index in [9.17, 15) is 14.0 Å². The van der Waals surface area contributed by atoms with Crippen molar-refractivity contribution in [2.75, 3.05) is 18.4 Å². The van der Waals surface area contributed by atoms with Gasteiger partial charge >= 0.3 is 0 Å². The molecule has 2 amide bonds. The summed E-state index contributed by atoms with van der Waals surface area (Å²) < 4.78 is 28.5. The predicted molar refractivity (Wildman–Crippen MR) is 123 cm³/mol. The topological polar surface area (TPSA) is 85.7 Å². The Balaban J connectivity index is 1.44. The molecule has 0 atom stereocenters. The van der Waals surface area contributed by atoms with Crippen LogP contribution in [0.1, 0.15) is 46.5 Å². The van der Waals surface area contributed by atoms with Crippen LogP contribution in [-0.4, -0.2) is 45.2 Å². The van der Waals surface area contributed by atoms with Gasteiger partial charge in [0.05, 0.1) is 0 Å². The predicted octanol–water partition coefficient (Wildman–Crippen LogP) is 4.16. The van der Waals surface area contributed by atoms with Crippen molar-refractivity contribution >= 4 is 17.6 Å². The van der Waals surface area contributed by atoms with Gasteiger partial charge in [0.1, 0.15) is 17.1 Å². The Hall–Kier alpha value is -3.88. The molecule has 176 valence electrons. The number of amides is 2. The van der Waals surface area contributed by atoms with Gasteiger partial charge in [0, 0.05) is 55.5 Å². The highest BCUT2D eigenvalue weighted by atomic mass is 19.1. The van der Waals surface area contributed by atoms with Gasteiger partial charge in [-0.15, -0.1) is 0 Å². The summed E-state index contributed by atoms with van der Waals surface area (Å²) in [6.07, 6.45) is 3.22. The summed E-state index contributed by atoms with van der Waals surface area (Å²) in [6, 6.07) is 9.09. The maximum Gasteiger partial charge on any atom is 0.257 e. The summed E-state index contributed by atoms with van der Waals surface area (Å²) in [6.45, 7) is 5.24. The molecule has 2 aliphatic heterocycles. The lowest BCUT2D eigenvalue weighted by molar-refractivity contribution is 0.0651. The Kier molecular flexibility index (Phi) is 5.27. The molecule has 8 nitrogen and oxygen atoms in total. The summed E-state index contributed by atoms with van der Waals surface area (Å²) in [4.78, 5) is 27.0. The van der Waals surface area contributed by atoms with E-state index in [-0.39, 0.29) is 17.2 Å². The first kappa shape index (κ1) is 21.9. The quantitative estimate of drug-likeness (QED) is 0.613. The average molecular weight is 464 g/mol. The SMILES string of the molecule is Cn1ccc(NC(=O)c2cc(Oc3ccc(C(=O)N4CCC4)cc3F)c3c(c2)OC(C)(C)C3)n1. The number of rotatable bonds is 5. The van der Waals surface area contributed by atoms with E-state index in [1.54, 1.807) is 47.1 Å². The molecule has 1 N–H and O–H groups in total. The second-order valence-electron chi connectivity index (χ2n) is 9.21. The third kappa shape index (κ3) is 4.21. The Morgan fingerprint density at radius 1 is 1.12 bits per heavy atom. The first-order chi connectivity index (χ1) is 16.2. The Morgan fingerprint density at radius 2 is 1.91 bits per heavy atom.